The number of hydrogen-bond donors (Lipinski definition) is 1. The first-order chi connectivity index (χ1) is 9.96. The van der Waals surface area contributed by atoms with Crippen molar-refractivity contribution in [3.05, 3.63) is 42.2 Å². The molecule has 3 rings (SSSR count). The molecule has 1 saturated carbocycles. The van der Waals surface area contributed by atoms with E-state index in [2.05, 4.69) is 10.4 Å². The van der Waals surface area contributed by atoms with Gasteiger partial charge in [0.1, 0.15) is 0 Å². The Labute approximate surface area is 122 Å². The molecule has 1 N–H and O–H groups in total. The lowest BCUT2D eigenvalue weighted by Crippen LogP contribution is -2.14. The fourth-order valence-electron chi connectivity index (χ4n) is 2.07. The van der Waals surface area contributed by atoms with Crippen LogP contribution in [0.1, 0.15) is 31.4 Å². The monoisotopic (exact) mass is 305 g/mol. The van der Waals surface area contributed by atoms with Crippen LogP contribution in [0.15, 0.2) is 41.4 Å². The molecule has 110 valence electrons. The van der Waals surface area contributed by atoms with Crippen LogP contribution in [0.25, 0.3) is 0 Å². The van der Waals surface area contributed by atoms with E-state index >= 15 is 0 Å². The Balaban J connectivity index is 1.87. The second-order valence-corrected chi connectivity index (χ2v) is 6.89. The SMILES string of the molecule is CC(=O)Nc1ccc(S(=O)(=O)n2ccc(C3CC3)n2)cc1. The number of nitrogens with one attached hydrogen (secondary N) is 1. The molecular formula is C14H15N3O3S. The number of benzene rings is 1. The van der Waals surface area contributed by atoms with E-state index < -0.39 is 10.0 Å². The van der Waals surface area contributed by atoms with E-state index in [0.717, 1.165) is 22.6 Å². The molecule has 0 aliphatic heterocycles. The summed E-state index contributed by atoms with van der Waals surface area (Å²) in [6, 6.07) is 7.78. The first-order valence-corrected chi connectivity index (χ1v) is 8.09. The normalized spacial score (nSPS) is 14.9. The lowest BCUT2D eigenvalue weighted by atomic mass is 10.3. The number of nitrogens with zero attached hydrogens (tertiary/aromatic N) is 2. The summed E-state index contributed by atoms with van der Waals surface area (Å²) in [5.41, 5.74) is 1.38. The van der Waals surface area contributed by atoms with Crippen molar-refractivity contribution >= 4 is 21.6 Å². The summed E-state index contributed by atoms with van der Waals surface area (Å²) in [5, 5.41) is 6.74. The Morgan fingerprint density at radius 3 is 2.48 bits per heavy atom. The molecule has 0 unspecified atom stereocenters. The zero-order valence-electron chi connectivity index (χ0n) is 11.5. The Kier molecular flexibility index (Phi) is 3.29. The third-order valence-electron chi connectivity index (χ3n) is 3.30. The maximum Gasteiger partial charge on any atom is 0.282 e. The van der Waals surface area contributed by atoms with Gasteiger partial charge in [0.2, 0.25) is 5.91 Å². The second kappa shape index (κ2) is 5.00. The van der Waals surface area contributed by atoms with E-state index in [0.29, 0.717) is 11.6 Å². The van der Waals surface area contributed by atoms with Crippen LogP contribution in [0.4, 0.5) is 5.69 Å². The van der Waals surface area contributed by atoms with Gasteiger partial charge in [-0.1, -0.05) is 0 Å². The number of hydrogen-bond acceptors (Lipinski definition) is 4. The van der Waals surface area contributed by atoms with Crippen molar-refractivity contribution in [1.29, 1.82) is 0 Å². The van der Waals surface area contributed by atoms with E-state index in [1.807, 2.05) is 0 Å². The molecule has 1 aliphatic carbocycles. The summed E-state index contributed by atoms with van der Waals surface area (Å²) in [7, 11) is -3.68. The smallest absolute Gasteiger partial charge is 0.282 e. The number of carbonyl (C=O) groups excluding carboxylic acids is 1. The van der Waals surface area contributed by atoms with Gasteiger partial charge < -0.3 is 5.32 Å². The van der Waals surface area contributed by atoms with Crippen LogP contribution in [0.5, 0.6) is 0 Å². The van der Waals surface area contributed by atoms with Crippen LogP contribution in [0.3, 0.4) is 0 Å². The predicted molar refractivity (Wildman–Crippen MR) is 77.5 cm³/mol. The molecule has 6 nitrogen and oxygen atoms in total. The molecule has 1 amide bonds. The molecule has 1 aromatic heterocycles. The highest BCUT2D eigenvalue weighted by Crippen LogP contribution is 2.39. The Morgan fingerprint density at radius 1 is 1.24 bits per heavy atom. The number of carbonyl (C=O) groups is 1. The molecule has 0 saturated heterocycles. The maximum absolute atomic E-state index is 12.4. The number of aromatic nitrogens is 2. The van der Waals surface area contributed by atoms with Gasteiger partial charge >= 0.3 is 0 Å². The van der Waals surface area contributed by atoms with Crippen molar-refractivity contribution in [3.8, 4) is 0 Å². The minimum absolute atomic E-state index is 0.141. The fourth-order valence-corrected chi connectivity index (χ4v) is 3.19. The van der Waals surface area contributed by atoms with Gasteiger partial charge in [0.05, 0.1) is 10.6 Å². The third kappa shape index (κ3) is 2.82. The largest absolute Gasteiger partial charge is 0.326 e. The quantitative estimate of drug-likeness (QED) is 0.936. The topological polar surface area (TPSA) is 81.1 Å². The first-order valence-electron chi connectivity index (χ1n) is 6.65. The first kappa shape index (κ1) is 13.8. The highest BCUT2D eigenvalue weighted by atomic mass is 32.2. The van der Waals surface area contributed by atoms with Gasteiger partial charge in [0, 0.05) is 24.7 Å². The molecule has 2 aromatic rings. The zero-order valence-corrected chi connectivity index (χ0v) is 12.3. The van der Waals surface area contributed by atoms with Crippen LogP contribution in [0.2, 0.25) is 0 Å². The van der Waals surface area contributed by atoms with Crippen molar-refractivity contribution in [2.75, 3.05) is 5.32 Å². The zero-order chi connectivity index (χ0) is 15.0. The Bertz CT molecular complexity index is 774. The fraction of sp³-hybridized carbons (Fsp3) is 0.286. The molecule has 1 fully saturated rings. The average Bonchev–Trinajstić information content (AvgIpc) is 3.15. The van der Waals surface area contributed by atoms with Crippen LogP contribution in [0, 0.1) is 0 Å². The Hall–Kier alpha value is -2.15. The van der Waals surface area contributed by atoms with E-state index in [9.17, 15) is 13.2 Å². The summed E-state index contributed by atoms with van der Waals surface area (Å²) in [6.07, 6.45) is 3.62. The Morgan fingerprint density at radius 2 is 1.90 bits per heavy atom. The standard InChI is InChI=1S/C14H15N3O3S/c1-10(18)15-12-4-6-13(7-5-12)21(19,20)17-9-8-14(16-17)11-2-3-11/h4-9,11H,2-3H2,1H3,(H,15,18). The van der Waals surface area contributed by atoms with Crippen molar-refractivity contribution in [2.45, 2.75) is 30.6 Å². The van der Waals surface area contributed by atoms with Gasteiger partial charge in [0.25, 0.3) is 10.0 Å². The van der Waals surface area contributed by atoms with Gasteiger partial charge in [-0.25, -0.2) is 0 Å². The van der Waals surface area contributed by atoms with Gasteiger partial charge in [0.15, 0.2) is 0 Å². The summed E-state index contributed by atoms with van der Waals surface area (Å²) in [6.45, 7) is 1.40. The second-order valence-electron chi connectivity index (χ2n) is 5.10. The van der Waals surface area contributed by atoms with Crippen molar-refractivity contribution in [1.82, 2.24) is 9.19 Å². The lowest BCUT2D eigenvalue weighted by Gasteiger charge is -2.06. The van der Waals surface area contributed by atoms with Gasteiger partial charge in [-0.15, -0.1) is 0 Å². The summed E-state index contributed by atoms with van der Waals surface area (Å²) >= 11 is 0. The van der Waals surface area contributed by atoms with Crippen LogP contribution in [-0.2, 0) is 14.8 Å². The maximum atomic E-state index is 12.4. The molecule has 1 aromatic carbocycles. The summed E-state index contributed by atoms with van der Waals surface area (Å²) in [5.74, 6) is 0.204. The predicted octanol–water partition coefficient (Wildman–Crippen LogP) is 1.96. The lowest BCUT2D eigenvalue weighted by molar-refractivity contribution is -0.114. The number of anilines is 1. The third-order valence-corrected chi connectivity index (χ3v) is 4.87. The molecular weight excluding hydrogens is 290 g/mol. The number of amides is 1. The molecule has 1 heterocycles. The number of rotatable bonds is 4. The van der Waals surface area contributed by atoms with E-state index in [4.69, 9.17) is 0 Å². The van der Waals surface area contributed by atoms with Gasteiger partial charge in [-0.2, -0.15) is 17.6 Å². The van der Waals surface area contributed by atoms with Crippen molar-refractivity contribution in [3.63, 3.8) is 0 Å². The minimum atomic E-state index is -3.68. The van der Waals surface area contributed by atoms with Gasteiger partial charge in [-0.3, -0.25) is 4.79 Å². The summed E-state index contributed by atoms with van der Waals surface area (Å²) < 4.78 is 25.9. The van der Waals surface area contributed by atoms with Crippen molar-refractivity contribution in [2.24, 2.45) is 0 Å². The molecule has 0 bridgehead atoms. The summed E-state index contributed by atoms with van der Waals surface area (Å²) in [4.78, 5) is 11.1. The molecule has 0 atom stereocenters. The molecule has 0 spiro atoms. The average molecular weight is 305 g/mol. The molecule has 1 aliphatic rings. The highest BCUT2D eigenvalue weighted by Gasteiger charge is 2.27. The molecule has 0 radical (unpaired) electrons. The minimum Gasteiger partial charge on any atom is -0.326 e. The van der Waals surface area contributed by atoms with Crippen molar-refractivity contribution < 1.29 is 13.2 Å². The molecule has 21 heavy (non-hydrogen) atoms. The van der Waals surface area contributed by atoms with Crippen LogP contribution >= 0.6 is 0 Å². The van der Waals surface area contributed by atoms with E-state index in [-0.39, 0.29) is 10.8 Å². The van der Waals surface area contributed by atoms with Crippen LogP contribution in [-0.4, -0.2) is 23.5 Å². The van der Waals surface area contributed by atoms with Crippen LogP contribution < -0.4 is 5.32 Å². The molecule has 7 heteroatoms. The highest BCUT2D eigenvalue weighted by molar-refractivity contribution is 7.89. The van der Waals surface area contributed by atoms with E-state index in [1.165, 1.54) is 25.3 Å². The van der Waals surface area contributed by atoms with Gasteiger partial charge in [-0.05, 0) is 43.2 Å². The van der Waals surface area contributed by atoms with E-state index in [1.54, 1.807) is 18.2 Å².